The molecule has 1 atom stereocenters. The van der Waals surface area contributed by atoms with Crippen LogP contribution in [0.15, 0.2) is 24.3 Å². The highest BCUT2D eigenvalue weighted by Gasteiger charge is 2.36. The van der Waals surface area contributed by atoms with Crippen molar-refractivity contribution in [3.05, 3.63) is 24.3 Å². The molecule has 0 aliphatic carbocycles. The van der Waals surface area contributed by atoms with Crippen LogP contribution < -0.4 is 14.8 Å². The number of benzene rings is 1. The Kier molecular flexibility index (Phi) is 6.69. The van der Waals surface area contributed by atoms with Crippen molar-refractivity contribution in [3.63, 3.8) is 0 Å². The van der Waals surface area contributed by atoms with E-state index in [0.29, 0.717) is 43.8 Å². The molecule has 1 aliphatic rings. The van der Waals surface area contributed by atoms with Gasteiger partial charge < -0.3 is 15.4 Å². The van der Waals surface area contributed by atoms with Gasteiger partial charge in [0.2, 0.25) is 21.8 Å². The Balaban J connectivity index is 2.30. The standard InChI is InChI=1S/C18H27N3O5S/c1-4-16(18(23)20-10-8-13(9-11-20)17(19)22)21(27(3,24)25)14-6-5-7-15(12-14)26-2/h5-7,12-13,16H,4,8-11H2,1-3H3,(H2,19,22)/t16-/m0/s1. The van der Waals surface area contributed by atoms with E-state index < -0.39 is 16.1 Å². The van der Waals surface area contributed by atoms with Crippen LogP contribution in [0.2, 0.25) is 0 Å². The van der Waals surface area contributed by atoms with Crippen LogP contribution in [-0.4, -0.2) is 57.6 Å². The van der Waals surface area contributed by atoms with Gasteiger partial charge in [-0.2, -0.15) is 0 Å². The second-order valence-electron chi connectivity index (χ2n) is 6.69. The summed E-state index contributed by atoms with van der Waals surface area (Å²) in [6.07, 6.45) is 2.39. The Morgan fingerprint density at radius 1 is 1.33 bits per heavy atom. The first-order chi connectivity index (χ1) is 12.7. The molecule has 0 bridgehead atoms. The SMILES string of the molecule is CC[C@@H](C(=O)N1CCC(C(N)=O)CC1)N(c1cccc(OC)c1)S(C)(=O)=O. The summed E-state index contributed by atoms with van der Waals surface area (Å²) in [5.41, 5.74) is 5.72. The lowest BCUT2D eigenvalue weighted by atomic mass is 9.95. The Morgan fingerprint density at radius 2 is 1.96 bits per heavy atom. The zero-order valence-corrected chi connectivity index (χ0v) is 16.7. The number of hydrogen-bond donors (Lipinski definition) is 1. The number of amides is 2. The highest BCUT2D eigenvalue weighted by Crippen LogP contribution is 2.28. The topological polar surface area (TPSA) is 110 Å². The van der Waals surface area contributed by atoms with E-state index in [1.54, 1.807) is 36.1 Å². The smallest absolute Gasteiger partial charge is 0.246 e. The number of hydrogen-bond acceptors (Lipinski definition) is 5. The molecule has 150 valence electrons. The van der Waals surface area contributed by atoms with Crippen LogP contribution in [0.3, 0.4) is 0 Å². The van der Waals surface area contributed by atoms with Gasteiger partial charge in [-0.05, 0) is 31.4 Å². The van der Waals surface area contributed by atoms with Crippen LogP contribution in [-0.2, 0) is 19.6 Å². The molecule has 27 heavy (non-hydrogen) atoms. The zero-order chi connectivity index (χ0) is 20.2. The third-order valence-electron chi connectivity index (χ3n) is 4.83. The molecule has 0 aromatic heterocycles. The van der Waals surface area contributed by atoms with Gasteiger partial charge in [-0.3, -0.25) is 13.9 Å². The number of nitrogens with zero attached hydrogens (tertiary/aromatic N) is 2. The minimum absolute atomic E-state index is 0.237. The molecule has 1 heterocycles. The average Bonchev–Trinajstić information content (AvgIpc) is 2.64. The summed E-state index contributed by atoms with van der Waals surface area (Å²) < 4.78 is 31.4. The maximum atomic E-state index is 13.1. The molecule has 2 amide bonds. The molecular formula is C18H27N3O5S. The summed E-state index contributed by atoms with van der Waals surface area (Å²) in [6.45, 7) is 2.55. The highest BCUT2D eigenvalue weighted by atomic mass is 32.2. The van der Waals surface area contributed by atoms with Crippen LogP contribution in [0.5, 0.6) is 5.75 Å². The zero-order valence-electron chi connectivity index (χ0n) is 15.9. The molecule has 2 rings (SSSR count). The van der Waals surface area contributed by atoms with E-state index in [9.17, 15) is 18.0 Å². The van der Waals surface area contributed by atoms with Gasteiger partial charge >= 0.3 is 0 Å². The number of piperidine rings is 1. The van der Waals surface area contributed by atoms with E-state index in [0.717, 1.165) is 10.6 Å². The molecule has 1 aromatic carbocycles. The van der Waals surface area contributed by atoms with Crippen LogP contribution in [0.4, 0.5) is 5.69 Å². The first kappa shape index (κ1) is 21.0. The van der Waals surface area contributed by atoms with Gasteiger partial charge in [-0.25, -0.2) is 8.42 Å². The van der Waals surface area contributed by atoms with Crippen molar-refractivity contribution in [2.24, 2.45) is 11.7 Å². The normalized spacial score (nSPS) is 16.6. The molecule has 1 aromatic rings. The molecule has 8 nitrogen and oxygen atoms in total. The highest BCUT2D eigenvalue weighted by molar-refractivity contribution is 7.92. The molecule has 0 spiro atoms. The van der Waals surface area contributed by atoms with Gasteiger partial charge in [-0.1, -0.05) is 13.0 Å². The van der Waals surface area contributed by atoms with E-state index in [1.807, 2.05) is 0 Å². The fourth-order valence-corrected chi connectivity index (χ4v) is 4.58. The van der Waals surface area contributed by atoms with Crippen molar-refractivity contribution in [1.82, 2.24) is 4.90 Å². The summed E-state index contributed by atoms with van der Waals surface area (Å²) in [6, 6.07) is 5.76. The summed E-state index contributed by atoms with van der Waals surface area (Å²) in [5, 5.41) is 0. The molecule has 2 N–H and O–H groups in total. The number of nitrogens with two attached hydrogens (primary N) is 1. The number of carbonyl (C=O) groups excluding carboxylic acids is 2. The van der Waals surface area contributed by atoms with Crippen molar-refractivity contribution in [2.75, 3.05) is 30.8 Å². The minimum atomic E-state index is -3.71. The van der Waals surface area contributed by atoms with E-state index >= 15 is 0 Å². The van der Waals surface area contributed by atoms with Gasteiger partial charge in [0.15, 0.2) is 0 Å². The summed E-state index contributed by atoms with van der Waals surface area (Å²) >= 11 is 0. The number of methoxy groups -OCH3 is 1. The third-order valence-corrected chi connectivity index (χ3v) is 6.01. The first-order valence-electron chi connectivity index (χ1n) is 8.90. The van der Waals surface area contributed by atoms with Crippen LogP contribution in [0, 0.1) is 5.92 Å². The van der Waals surface area contributed by atoms with Gasteiger partial charge in [0.05, 0.1) is 19.1 Å². The van der Waals surface area contributed by atoms with Crippen LogP contribution in [0.25, 0.3) is 0 Å². The van der Waals surface area contributed by atoms with E-state index in [2.05, 4.69) is 0 Å². The largest absolute Gasteiger partial charge is 0.497 e. The molecule has 0 radical (unpaired) electrons. The average molecular weight is 397 g/mol. The van der Waals surface area contributed by atoms with Gasteiger partial charge in [0, 0.05) is 25.1 Å². The number of ether oxygens (including phenoxy) is 1. The van der Waals surface area contributed by atoms with Crippen LogP contribution in [0.1, 0.15) is 26.2 Å². The summed E-state index contributed by atoms with van der Waals surface area (Å²) in [5.74, 6) is -0.360. The Labute approximate surface area is 160 Å². The molecule has 9 heteroatoms. The van der Waals surface area contributed by atoms with Gasteiger partial charge in [-0.15, -0.1) is 0 Å². The predicted molar refractivity (Wildman–Crippen MR) is 103 cm³/mol. The van der Waals surface area contributed by atoms with Gasteiger partial charge in [0.25, 0.3) is 0 Å². The van der Waals surface area contributed by atoms with Crippen molar-refractivity contribution in [2.45, 2.75) is 32.2 Å². The Morgan fingerprint density at radius 3 is 2.44 bits per heavy atom. The molecule has 1 saturated heterocycles. The lowest BCUT2D eigenvalue weighted by Gasteiger charge is -2.37. The van der Waals surface area contributed by atoms with Crippen molar-refractivity contribution >= 4 is 27.5 Å². The van der Waals surface area contributed by atoms with E-state index in [4.69, 9.17) is 10.5 Å². The van der Waals surface area contributed by atoms with E-state index in [1.165, 1.54) is 7.11 Å². The van der Waals surface area contributed by atoms with Crippen molar-refractivity contribution in [1.29, 1.82) is 0 Å². The number of likely N-dealkylation sites (tertiary alicyclic amines) is 1. The van der Waals surface area contributed by atoms with Crippen molar-refractivity contribution < 1.29 is 22.7 Å². The fourth-order valence-electron chi connectivity index (χ4n) is 3.39. The second kappa shape index (κ2) is 8.60. The quantitative estimate of drug-likeness (QED) is 0.737. The maximum absolute atomic E-state index is 13.1. The molecule has 1 fully saturated rings. The van der Waals surface area contributed by atoms with Gasteiger partial charge in [0.1, 0.15) is 11.8 Å². The van der Waals surface area contributed by atoms with Crippen LogP contribution >= 0.6 is 0 Å². The Bertz CT molecular complexity index is 788. The monoisotopic (exact) mass is 397 g/mol. The second-order valence-corrected chi connectivity index (χ2v) is 8.55. The van der Waals surface area contributed by atoms with E-state index in [-0.39, 0.29) is 17.7 Å². The number of primary amides is 1. The number of rotatable bonds is 7. The maximum Gasteiger partial charge on any atom is 0.246 e. The summed E-state index contributed by atoms with van der Waals surface area (Å²) in [7, 11) is -2.21. The number of carbonyl (C=O) groups is 2. The molecular weight excluding hydrogens is 370 g/mol. The van der Waals surface area contributed by atoms with Crippen molar-refractivity contribution in [3.8, 4) is 5.75 Å². The third kappa shape index (κ3) is 4.91. The predicted octanol–water partition coefficient (Wildman–Crippen LogP) is 0.964. The Hall–Kier alpha value is -2.29. The number of anilines is 1. The molecule has 0 saturated carbocycles. The fraction of sp³-hybridized carbons (Fsp3) is 0.556. The molecule has 1 aliphatic heterocycles. The number of sulfonamides is 1. The lowest BCUT2D eigenvalue weighted by molar-refractivity contribution is -0.135. The minimum Gasteiger partial charge on any atom is -0.497 e. The lowest BCUT2D eigenvalue weighted by Crippen LogP contribution is -2.53. The summed E-state index contributed by atoms with van der Waals surface area (Å²) in [4.78, 5) is 26.0. The molecule has 0 unspecified atom stereocenters. The first-order valence-corrected chi connectivity index (χ1v) is 10.8.